The molecule has 2 aliphatic rings. The summed E-state index contributed by atoms with van der Waals surface area (Å²) >= 11 is 0. The summed E-state index contributed by atoms with van der Waals surface area (Å²) < 4.78 is 102. The highest BCUT2D eigenvalue weighted by Crippen LogP contribution is 2.45. The number of carbonyl (C=O) groups is 1. The maximum Gasteiger partial charge on any atom is 0.333 e. The Kier molecular flexibility index (Phi) is 12.7. The lowest BCUT2D eigenvalue weighted by Gasteiger charge is -2.27. The van der Waals surface area contributed by atoms with Crippen molar-refractivity contribution in [3.05, 3.63) is 84.0 Å². The molecular weight excluding hydrogens is 803 g/mol. The molecule has 1 atom stereocenters. The second kappa shape index (κ2) is 16.7. The Hall–Kier alpha value is -4.66. The fourth-order valence-corrected chi connectivity index (χ4v) is 8.79. The maximum atomic E-state index is 12.3. The van der Waals surface area contributed by atoms with Crippen molar-refractivity contribution in [2.75, 3.05) is 12.3 Å². The van der Waals surface area contributed by atoms with Gasteiger partial charge in [-0.3, -0.25) is 18.7 Å². The van der Waals surface area contributed by atoms with Gasteiger partial charge in [0.1, 0.15) is 6.54 Å². The minimum Gasteiger partial charge on any atom is -0.492 e. The third-order valence-electron chi connectivity index (χ3n) is 10.2. The number of carbonyl (C=O) groups excluding carboxylic acids is 1. The highest BCUT2D eigenvalue weighted by Gasteiger charge is 2.45. The molecule has 2 aliphatic heterocycles. The van der Waals surface area contributed by atoms with Gasteiger partial charge in [-0.25, -0.2) is 4.79 Å². The molecule has 57 heavy (non-hydrogen) atoms. The first-order valence-corrected chi connectivity index (χ1v) is 22.6. The van der Waals surface area contributed by atoms with Crippen molar-refractivity contribution >= 4 is 59.1 Å². The van der Waals surface area contributed by atoms with E-state index in [-0.39, 0.29) is 22.6 Å². The Morgan fingerprint density at radius 3 is 2.04 bits per heavy atom. The maximum absolute atomic E-state index is 12.3. The van der Waals surface area contributed by atoms with E-state index in [4.69, 9.17) is 9.83 Å². The summed E-state index contributed by atoms with van der Waals surface area (Å²) in [5.41, 5.74) is 2.46. The lowest BCUT2D eigenvalue weighted by atomic mass is 9.75. The molecule has 0 spiro atoms. The van der Waals surface area contributed by atoms with Crippen LogP contribution in [-0.4, -0.2) is 88.1 Å². The van der Waals surface area contributed by atoms with Crippen LogP contribution in [0.3, 0.4) is 0 Å². The number of aromatic nitrogens is 1. The topological polar surface area (TPSA) is 250 Å². The summed E-state index contributed by atoms with van der Waals surface area (Å²) in [7, 11) is -13.1. The van der Waals surface area contributed by atoms with E-state index in [2.05, 4.69) is 0 Å². The van der Waals surface area contributed by atoms with Gasteiger partial charge < -0.3 is 15.1 Å². The zero-order valence-electron chi connectivity index (χ0n) is 31.6. The smallest absolute Gasteiger partial charge is 0.333 e. The highest BCUT2D eigenvalue weighted by molar-refractivity contribution is 7.86. The molecule has 1 unspecified atom stereocenters. The quantitative estimate of drug-likeness (QED) is 0.0596. The Labute approximate surface area is 331 Å². The second-order valence-electron chi connectivity index (χ2n) is 14.7. The lowest BCUT2D eigenvalue weighted by molar-refractivity contribution is -0.438. The van der Waals surface area contributed by atoms with Crippen molar-refractivity contribution in [1.29, 1.82) is 0 Å². The largest absolute Gasteiger partial charge is 0.492 e. The molecule has 0 saturated carbocycles. The third-order valence-corrected chi connectivity index (χ3v) is 12.7. The van der Waals surface area contributed by atoms with Crippen LogP contribution in [0, 0.1) is 0 Å². The molecule has 3 aromatic rings. The summed E-state index contributed by atoms with van der Waals surface area (Å²) in [4.78, 5) is 21.6. The average Bonchev–Trinajstić information content (AvgIpc) is 3.66. The van der Waals surface area contributed by atoms with Crippen LogP contribution in [0.25, 0.3) is 0 Å². The van der Waals surface area contributed by atoms with Crippen LogP contribution in [0.15, 0.2) is 87.6 Å². The van der Waals surface area contributed by atoms with Crippen LogP contribution in [0.1, 0.15) is 83.3 Å². The minimum atomic E-state index is -4.50. The molecule has 308 valence electrons. The molecule has 5 N–H and O–H groups in total. The van der Waals surface area contributed by atoms with Crippen molar-refractivity contribution in [1.82, 2.24) is 4.73 Å². The number of fused-ring (bicyclic) bond motifs is 2. The second-order valence-corrected chi connectivity index (χ2v) is 19.1. The predicted molar refractivity (Wildman–Crippen MR) is 211 cm³/mol. The van der Waals surface area contributed by atoms with Gasteiger partial charge in [0.2, 0.25) is 17.4 Å². The number of nitrogens with zero attached hydrogens (tertiary/aromatic N) is 3. The van der Waals surface area contributed by atoms with E-state index in [0.717, 1.165) is 5.71 Å². The van der Waals surface area contributed by atoms with Gasteiger partial charge in [0.05, 0.1) is 32.4 Å². The first kappa shape index (κ1) is 43.5. The third kappa shape index (κ3) is 10.1. The van der Waals surface area contributed by atoms with Crippen LogP contribution in [0.5, 0.6) is 11.8 Å². The van der Waals surface area contributed by atoms with Crippen molar-refractivity contribution < 1.29 is 63.3 Å². The molecule has 0 amide bonds. The summed E-state index contributed by atoms with van der Waals surface area (Å²) in [6.45, 7) is 6.11. The molecule has 0 bridgehead atoms. The number of aromatic hydroxyl groups is 2. The molecule has 3 heterocycles. The summed E-state index contributed by atoms with van der Waals surface area (Å²) in [6, 6.07) is 10.9. The van der Waals surface area contributed by atoms with Crippen molar-refractivity contribution in [2.45, 2.75) is 92.8 Å². The van der Waals surface area contributed by atoms with Gasteiger partial charge in [-0.05, 0) is 88.4 Å². The van der Waals surface area contributed by atoms with E-state index in [1.807, 2.05) is 49.7 Å². The van der Waals surface area contributed by atoms with Crippen molar-refractivity contribution in [2.24, 2.45) is 4.99 Å². The molecule has 1 aromatic heterocycles. The van der Waals surface area contributed by atoms with Crippen LogP contribution in [-0.2, 0) is 46.0 Å². The Morgan fingerprint density at radius 2 is 1.40 bits per heavy atom. The molecule has 5 rings (SSSR count). The first-order valence-electron chi connectivity index (χ1n) is 18.1. The van der Waals surface area contributed by atoms with Gasteiger partial charge in [-0.2, -0.15) is 29.8 Å². The number of benzene rings is 2. The summed E-state index contributed by atoms with van der Waals surface area (Å²) in [6.07, 6.45) is 10.6. The van der Waals surface area contributed by atoms with E-state index in [1.165, 1.54) is 42.5 Å². The van der Waals surface area contributed by atoms with Crippen LogP contribution in [0.4, 0.5) is 11.4 Å². The van der Waals surface area contributed by atoms with Crippen LogP contribution < -0.4 is 4.84 Å². The summed E-state index contributed by atoms with van der Waals surface area (Å²) in [5.74, 6) is -1.91. The number of hydrogen-bond acceptors (Lipinski definition) is 11. The number of aliphatic imine (C=N–C) groups is 1. The lowest BCUT2D eigenvalue weighted by Crippen LogP contribution is -2.28. The van der Waals surface area contributed by atoms with Crippen LogP contribution in [0.2, 0.25) is 0 Å². The van der Waals surface area contributed by atoms with Gasteiger partial charge in [0, 0.05) is 48.1 Å². The first-order chi connectivity index (χ1) is 26.5. The zero-order valence-corrected chi connectivity index (χ0v) is 34.0. The van der Waals surface area contributed by atoms with Gasteiger partial charge in [-0.15, -0.1) is 4.73 Å². The van der Waals surface area contributed by atoms with Gasteiger partial charge in [-0.1, -0.05) is 25.0 Å². The molecule has 19 heteroatoms. The fraction of sp³-hybridized carbons (Fsp3) is 0.395. The molecule has 0 fully saturated rings. The molecule has 0 aliphatic carbocycles. The normalized spacial score (nSPS) is 18.0. The van der Waals surface area contributed by atoms with E-state index in [9.17, 15) is 53.9 Å². The highest BCUT2D eigenvalue weighted by atomic mass is 32.2. The van der Waals surface area contributed by atoms with Gasteiger partial charge in [0.25, 0.3) is 30.4 Å². The molecule has 2 aromatic carbocycles. The van der Waals surface area contributed by atoms with Crippen molar-refractivity contribution in [3.63, 3.8) is 0 Å². The standard InChI is InChI=1S/C38H45N3O13S3/c1-37(2)29-25-27(57(51,52)53)16-18-31(29)40(22-10-11-23-55(45,46)47)33(37)13-7-4-6-12-32-38(3,28-24-26(56(48,49)50)15-17-30(28)39-32)21-9-5-8-14-36(44)54-41-34(42)19-20-35(41)43/h6-7,12-13,15-20,24-25H,4-5,8-11,14,21-23H2,1-3H3,(H4-,42,43,45,46,47,48,49,50,51,52,53)/p+1/b12-6+,13-7+. The predicted octanol–water partition coefficient (Wildman–Crippen LogP) is 5.59. The minimum absolute atomic E-state index is 0.00897. The van der Waals surface area contributed by atoms with E-state index in [0.29, 0.717) is 78.0 Å². The van der Waals surface area contributed by atoms with E-state index >= 15 is 0 Å². The van der Waals surface area contributed by atoms with Crippen LogP contribution >= 0.6 is 0 Å². The fourth-order valence-electron chi connectivity index (χ4n) is 7.21. The Balaban J connectivity index is 1.32. The Morgan fingerprint density at radius 1 is 0.789 bits per heavy atom. The zero-order chi connectivity index (χ0) is 42.0. The van der Waals surface area contributed by atoms with Gasteiger partial charge in [0.15, 0.2) is 5.71 Å². The molecule has 0 saturated heterocycles. The molecular formula is C38H46N3O13S3+. The van der Waals surface area contributed by atoms with Crippen molar-refractivity contribution in [3.8, 4) is 11.8 Å². The average molecular weight is 849 g/mol. The van der Waals surface area contributed by atoms with E-state index < -0.39 is 64.7 Å². The number of hydrogen-bond donors (Lipinski definition) is 5. The number of unbranched alkanes of at least 4 members (excludes halogenated alkanes) is 3. The number of allylic oxidation sites excluding steroid dienone is 4. The molecule has 16 nitrogen and oxygen atoms in total. The molecule has 0 radical (unpaired) electrons. The SMILES string of the molecule is CC1(C)C(/C=C/C/C=C/C2=Nc3ccc(S(=O)(=O)O)cc3C2(C)CCCCCC(=O)On2c(O)ccc2O)=[N+](CCCCS(=O)(=O)O)c2ccc(S(=O)(=O)O)cc21. The number of rotatable bonds is 18. The monoisotopic (exact) mass is 848 g/mol. The Bertz CT molecular complexity index is 2500. The van der Waals surface area contributed by atoms with E-state index in [1.54, 1.807) is 6.07 Å². The van der Waals surface area contributed by atoms with Gasteiger partial charge >= 0.3 is 5.97 Å². The summed E-state index contributed by atoms with van der Waals surface area (Å²) in [5, 5.41) is 19.4.